The summed E-state index contributed by atoms with van der Waals surface area (Å²) < 4.78 is 25.6. The Bertz CT molecular complexity index is 1430. The van der Waals surface area contributed by atoms with E-state index in [-0.39, 0.29) is 12.7 Å². The Morgan fingerprint density at radius 2 is 1.25 bits per heavy atom. The van der Waals surface area contributed by atoms with E-state index in [0.29, 0.717) is 22.3 Å². The first kappa shape index (κ1) is 32.6. The summed E-state index contributed by atoms with van der Waals surface area (Å²) in [5, 5.41) is 0.875. The third kappa shape index (κ3) is 7.53. The zero-order valence-electron chi connectivity index (χ0n) is 25.1. The van der Waals surface area contributed by atoms with Crippen molar-refractivity contribution < 1.29 is 18.9 Å². The summed E-state index contributed by atoms with van der Waals surface area (Å²) in [4.78, 5) is 4.73. The highest BCUT2D eigenvalue weighted by atomic mass is 79.9. The maximum Gasteiger partial charge on any atom is 0.157 e. The van der Waals surface area contributed by atoms with Gasteiger partial charge in [-0.05, 0) is 60.1 Å². The first-order chi connectivity index (χ1) is 21.3. The normalized spacial score (nSPS) is 15.1. The molecule has 5 rings (SSSR count). The number of nitrogens with zero attached hydrogens (tertiary/aromatic N) is 2. The molecule has 1 saturated heterocycles. The lowest BCUT2D eigenvalue weighted by Gasteiger charge is -2.39. The molecule has 9 heteroatoms. The van der Waals surface area contributed by atoms with Gasteiger partial charge in [-0.1, -0.05) is 93.7 Å². The zero-order valence-corrected chi connectivity index (χ0v) is 28.2. The largest absolute Gasteiger partial charge is 0.497 e. The van der Waals surface area contributed by atoms with E-state index in [2.05, 4.69) is 69.2 Å². The third-order valence-electron chi connectivity index (χ3n) is 7.96. The van der Waals surface area contributed by atoms with Gasteiger partial charge in [0.05, 0.1) is 30.9 Å². The Balaban J connectivity index is 1.57. The van der Waals surface area contributed by atoms with Crippen molar-refractivity contribution in [2.75, 3.05) is 60.6 Å². The van der Waals surface area contributed by atoms with Crippen LogP contribution in [-0.4, -0.2) is 76.5 Å². The third-order valence-corrected chi connectivity index (χ3v) is 8.98. The number of piperazine rings is 1. The molecule has 1 heterocycles. The van der Waals surface area contributed by atoms with Gasteiger partial charge in [-0.25, -0.2) is 0 Å². The lowest BCUT2D eigenvalue weighted by atomic mass is 9.80. The van der Waals surface area contributed by atoms with Crippen LogP contribution in [-0.2, 0) is 10.3 Å². The Kier molecular flexibility index (Phi) is 11.1. The molecular formula is C35H37BrCl2N2O4. The molecule has 0 spiro atoms. The van der Waals surface area contributed by atoms with E-state index < -0.39 is 5.60 Å². The number of hydrogen-bond acceptors (Lipinski definition) is 6. The lowest BCUT2D eigenvalue weighted by Crippen LogP contribution is -2.49. The number of hydrogen-bond donors (Lipinski definition) is 0. The number of benzene rings is 4. The smallest absolute Gasteiger partial charge is 0.157 e. The van der Waals surface area contributed by atoms with E-state index in [9.17, 15) is 0 Å². The molecule has 232 valence electrons. The van der Waals surface area contributed by atoms with Crippen LogP contribution in [0.15, 0.2) is 95.5 Å². The molecule has 0 amide bonds. The van der Waals surface area contributed by atoms with E-state index >= 15 is 0 Å². The number of rotatable bonds is 12. The summed E-state index contributed by atoms with van der Waals surface area (Å²) in [6, 6.07) is 29.9. The molecule has 0 aromatic heterocycles. The second-order valence-corrected chi connectivity index (χ2v) is 12.6. The molecule has 4 aromatic rings. The molecule has 0 bridgehead atoms. The fourth-order valence-electron chi connectivity index (χ4n) is 5.54. The first-order valence-corrected chi connectivity index (χ1v) is 16.1. The topological polar surface area (TPSA) is 43.4 Å². The van der Waals surface area contributed by atoms with Crippen molar-refractivity contribution in [1.82, 2.24) is 9.80 Å². The van der Waals surface area contributed by atoms with E-state index in [1.807, 2.05) is 42.5 Å². The van der Waals surface area contributed by atoms with Crippen molar-refractivity contribution in [3.8, 4) is 17.2 Å². The minimum absolute atomic E-state index is 0.252. The Morgan fingerprint density at radius 3 is 1.75 bits per heavy atom. The van der Waals surface area contributed by atoms with Crippen LogP contribution in [0.2, 0.25) is 10.0 Å². The Hall–Kier alpha value is -2.78. The molecule has 1 fully saturated rings. The minimum atomic E-state index is -0.975. The minimum Gasteiger partial charge on any atom is -0.497 e. The molecule has 4 aromatic carbocycles. The fraction of sp³-hybridized carbons (Fsp3) is 0.314. The van der Waals surface area contributed by atoms with Gasteiger partial charge < -0.3 is 23.8 Å². The summed E-state index contributed by atoms with van der Waals surface area (Å²) in [6.45, 7) is 4.73. The number of ether oxygens (including phenoxy) is 4. The van der Waals surface area contributed by atoms with Crippen LogP contribution in [0.1, 0.15) is 16.7 Å². The SMILES string of the molecule is COc1ccc(C(OCC(CN2CCN(C)CC2)Oc2c(Cl)cc(Br)cc2Cl)(c2ccccc2)c2ccc(OC)cc2)cc1. The molecule has 44 heavy (non-hydrogen) atoms. The maximum absolute atomic E-state index is 7.20. The van der Waals surface area contributed by atoms with Crippen molar-refractivity contribution in [3.05, 3.63) is 122 Å². The molecule has 0 N–H and O–H groups in total. The summed E-state index contributed by atoms with van der Waals surface area (Å²) in [7, 11) is 5.48. The summed E-state index contributed by atoms with van der Waals surface area (Å²) >= 11 is 16.8. The first-order valence-electron chi connectivity index (χ1n) is 14.5. The average molecular weight is 701 g/mol. The van der Waals surface area contributed by atoms with Gasteiger partial charge in [-0.3, -0.25) is 4.90 Å². The van der Waals surface area contributed by atoms with Crippen molar-refractivity contribution in [2.45, 2.75) is 11.7 Å². The van der Waals surface area contributed by atoms with Gasteiger partial charge in [0.15, 0.2) is 5.75 Å². The van der Waals surface area contributed by atoms with E-state index in [0.717, 1.165) is 58.8 Å². The van der Waals surface area contributed by atoms with Crippen molar-refractivity contribution in [3.63, 3.8) is 0 Å². The number of likely N-dealkylation sites (N-methyl/N-ethyl adjacent to an activating group) is 1. The number of methoxy groups -OCH3 is 2. The van der Waals surface area contributed by atoms with E-state index in [1.165, 1.54) is 0 Å². The zero-order chi connectivity index (χ0) is 31.1. The Labute approximate surface area is 278 Å². The van der Waals surface area contributed by atoms with Crippen LogP contribution in [0.3, 0.4) is 0 Å². The second kappa shape index (κ2) is 15.0. The van der Waals surface area contributed by atoms with Gasteiger partial charge in [0, 0.05) is 37.2 Å². The van der Waals surface area contributed by atoms with Gasteiger partial charge >= 0.3 is 0 Å². The van der Waals surface area contributed by atoms with Gasteiger partial charge in [0.2, 0.25) is 0 Å². The van der Waals surface area contributed by atoms with Gasteiger partial charge in [0.1, 0.15) is 23.2 Å². The predicted octanol–water partition coefficient (Wildman–Crippen LogP) is 7.78. The predicted molar refractivity (Wildman–Crippen MR) is 181 cm³/mol. The summed E-state index contributed by atoms with van der Waals surface area (Å²) in [6.07, 6.45) is -0.380. The van der Waals surface area contributed by atoms with Crippen LogP contribution >= 0.6 is 39.1 Å². The quantitative estimate of drug-likeness (QED) is 0.141. The molecule has 0 saturated carbocycles. The van der Waals surface area contributed by atoms with Crippen LogP contribution in [0.5, 0.6) is 17.2 Å². The molecule has 1 aliphatic heterocycles. The van der Waals surface area contributed by atoms with Crippen LogP contribution in [0.4, 0.5) is 0 Å². The second-order valence-electron chi connectivity index (χ2n) is 10.9. The molecule has 0 aliphatic carbocycles. The van der Waals surface area contributed by atoms with Crippen molar-refractivity contribution >= 4 is 39.1 Å². The highest BCUT2D eigenvalue weighted by Crippen LogP contribution is 2.42. The lowest BCUT2D eigenvalue weighted by molar-refractivity contribution is -0.0410. The fourth-order valence-corrected chi connectivity index (χ4v) is 6.84. The summed E-state index contributed by atoms with van der Waals surface area (Å²) in [5.41, 5.74) is 1.91. The average Bonchev–Trinajstić information content (AvgIpc) is 3.05. The van der Waals surface area contributed by atoms with Gasteiger partial charge in [-0.2, -0.15) is 0 Å². The van der Waals surface area contributed by atoms with Crippen LogP contribution in [0, 0.1) is 0 Å². The Morgan fingerprint density at radius 1 is 0.750 bits per heavy atom. The molecular weight excluding hydrogens is 663 g/mol. The van der Waals surface area contributed by atoms with Crippen molar-refractivity contribution in [2.24, 2.45) is 0 Å². The van der Waals surface area contributed by atoms with Crippen LogP contribution < -0.4 is 14.2 Å². The van der Waals surface area contributed by atoms with E-state index in [1.54, 1.807) is 26.4 Å². The standard InChI is InChI=1S/C35H37BrCl2N2O4/c1-39-17-19-40(20-18-39)23-31(44-34-32(37)21-28(36)22-33(34)38)24-43-35(25-7-5-4-6-8-25,26-9-13-29(41-2)14-10-26)27-11-15-30(42-3)16-12-27/h4-16,21-22,31H,17-20,23-24H2,1-3H3. The molecule has 0 radical (unpaired) electrons. The molecule has 1 unspecified atom stereocenters. The van der Waals surface area contributed by atoms with E-state index in [4.69, 9.17) is 42.1 Å². The molecule has 1 atom stereocenters. The highest BCUT2D eigenvalue weighted by Gasteiger charge is 2.39. The number of halogens is 3. The van der Waals surface area contributed by atoms with Gasteiger partial charge in [0.25, 0.3) is 0 Å². The van der Waals surface area contributed by atoms with Crippen molar-refractivity contribution in [1.29, 1.82) is 0 Å². The van der Waals surface area contributed by atoms with Crippen LogP contribution in [0.25, 0.3) is 0 Å². The summed E-state index contributed by atoms with van der Waals surface area (Å²) in [5.74, 6) is 1.97. The van der Waals surface area contributed by atoms with Gasteiger partial charge in [-0.15, -0.1) is 0 Å². The molecule has 1 aliphatic rings. The monoisotopic (exact) mass is 698 g/mol. The maximum atomic E-state index is 7.20. The highest BCUT2D eigenvalue weighted by molar-refractivity contribution is 9.10. The molecule has 6 nitrogen and oxygen atoms in total.